The van der Waals surface area contributed by atoms with Crippen LogP contribution in [0, 0.1) is 14.4 Å². The fourth-order valence-electron chi connectivity index (χ4n) is 4.01. The van der Waals surface area contributed by atoms with Crippen molar-refractivity contribution in [2.24, 2.45) is 10.8 Å². The first-order valence-corrected chi connectivity index (χ1v) is 19.4. The number of aliphatic hydroxyl groups is 1. The van der Waals surface area contributed by atoms with E-state index in [2.05, 4.69) is 9.47 Å². The van der Waals surface area contributed by atoms with E-state index in [-0.39, 0.29) is 28.3 Å². The molecule has 0 bridgehead atoms. The van der Waals surface area contributed by atoms with Crippen LogP contribution in [0.25, 0.3) is 0 Å². The first-order valence-electron chi connectivity index (χ1n) is 18.4. The number of aromatic carboxylic acids is 1. The molecule has 2 N–H and O–H groups in total. The molecule has 354 valence electrons. The van der Waals surface area contributed by atoms with Crippen LogP contribution >= 0.6 is 22.6 Å². The highest BCUT2D eigenvalue weighted by Gasteiger charge is 2.76. The molecule has 0 spiro atoms. The lowest BCUT2D eigenvalue weighted by Gasteiger charge is -2.29. The molecule has 0 aromatic heterocycles. The standard InChI is InChI=1S/C16H18F6O3.C13H15IO4.C11H16F6O2/c1-4-13(2,3)11-7-5-10(6-8-11)9-25-12(23)14(24,15(17,18)19)16(20,21)22;1-4-13(2,3)12(17)18-8-5-6-10(14)9(7-8)11(15)16;1-4-9(2,3)8(18)19-6-10(14,15)5-11(16,17)7(12)13/h5-8,24H,4,9H2,1-3H3;5-7H,4H2,1-3H3,(H,15,16);7H,4-6H2,1-3H3. The Kier molecular flexibility index (Phi) is 20.8. The molecule has 0 aliphatic carbocycles. The average Bonchev–Trinajstić information content (AvgIpc) is 3.15. The first kappa shape index (κ1) is 58.2. The molecule has 2 rings (SSSR count). The van der Waals surface area contributed by atoms with Gasteiger partial charge in [0.05, 0.1) is 22.8 Å². The van der Waals surface area contributed by atoms with Gasteiger partial charge in [-0.1, -0.05) is 58.9 Å². The SMILES string of the molecule is CCC(C)(C)C(=O)OCC(F)(F)CC(F)(F)C(F)F.CCC(C)(C)C(=O)Oc1ccc(I)c(C(=O)O)c1.CCC(C)(C)c1ccc(COC(=O)C(O)(C(F)(F)F)C(F)(F)F)cc1. The number of hydrogen-bond acceptors (Lipinski definition) is 8. The maximum absolute atomic E-state index is 13.0. The zero-order valence-corrected chi connectivity index (χ0v) is 37.2. The first-order chi connectivity index (χ1) is 27.8. The van der Waals surface area contributed by atoms with Gasteiger partial charge >= 0.3 is 54.2 Å². The van der Waals surface area contributed by atoms with E-state index in [1.54, 1.807) is 45.0 Å². The summed E-state index contributed by atoms with van der Waals surface area (Å²) in [5.41, 5.74) is -6.11. The van der Waals surface area contributed by atoms with Gasteiger partial charge in [0.2, 0.25) is 0 Å². The van der Waals surface area contributed by atoms with Gasteiger partial charge in [0.15, 0.2) is 6.61 Å². The second-order valence-electron chi connectivity index (χ2n) is 15.7. The van der Waals surface area contributed by atoms with Crippen molar-refractivity contribution in [3.63, 3.8) is 0 Å². The molecule has 22 heteroatoms. The van der Waals surface area contributed by atoms with E-state index in [4.69, 9.17) is 14.9 Å². The van der Waals surface area contributed by atoms with Crippen molar-refractivity contribution < 1.29 is 96.3 Å². The monoisotopic (exact) mass is 1030 g/mol. The molecule has 0 fully saturated rings. The number of carbonyl (C=O) groups is 4. The number of ether oxygens (including phenoxy) is 3. The molecule has 0 saturated heterocycles. The highest BCUT2D eigenvalue weighted by molar-refractivity contribution is 14.1. The molecule has 2 aromatic rings. The molecule has 9 nitrogen and oxygen atoms in total. The fourth-order valence-corrected chi connectivity index (χ4v) is 4.57. The maximum atomic E-state index is 13.0. The number of esters is 3. The third-order valence-electron chi connectivity index (χ3n) is 9.58. The van der Waals surface area contributed by atoms with Crippen molar-refractivity contribution in [2.75, 3.05) is 6.61 Å². The molecule has 0 unspecified atom stereocenters. The van der Waals surface area contributed by atoms with E-state index in [0.29, 0.717) is 16.4 Å². The molecule has 62 heavy (non-hydrogen) atoms. The van der Waals surface area contributed by atoms with Gasteiger partial charge in [-0.2, -0.15) is 26.3 Å². The molecule has 0 saturated carbocycles. The molecule has 2 aromatic carbocycles. The van der Waals surface area contributed by atoms with Crippen LogP contribution in [0.1, 0.15) is 109 Å². The van der Waals surface area contributed by atoms with Crippen LogP contribution in [0.2, 0.25) is 0 Å². The molecular formula is C40H49F12IO9. The van der Waals surface area contributed by atoms with Gasteiger partial charge in [0, 0.05) is 3.57 Å². The molecule has 0 atom stereocenters. The van der Waals surface area contributed by atoms with Crippen LogP contribution in [0.5, 0.6) is 5.75 Å². The molecular weight excluding hydrogens is 979 g/mol. The fraction of sp³-hybridized carbons (Fsp3) is 0.600. The summed E-state index contributed by atoms with van der Waals surface area (Å²) in [6.07, 6.45) is -17.3. The van der Waals surface area contributed by atoms with Gasteiger partial charge in [0.25, 0.3) is 5.92 Å². The highest BCUT2D eigenvalue weighted by Crippen LogP contribution is 2.44. The van der Waals surface area contributed by atoms with Gasteiger partial charge in [-0.25, -0.2) is 35.9 Å². The van der Waals surface area contributed by atoms with Crippen molar-refractivity contribution >= 4 is 46.5 Å². The summed E-state index contributed by atoms with van der Waals surface area (Å²) < 4.78 is 164. The number of alkyl halides is 12. The Morgan fingerprint density at radius 2 is 1.15 bits per heavy atom. The zero-order chi connectivity index (χ0) is 49.1. The summed E-state index contributed by atoms with van der Waals surface area (Å²) >= 11 is 1.93. The van der Waals surface area contributed by atoms with Gasteiger partial charge in [-0.3, -0.25) is 9.59 Å². The third-order valence-corrected chi connectivity index (χ3v) is 10.5. The molecule has 0 aliphatic heterocycles. The van der Waals surface area contributed by atoms with Crippen molar-refractivity contribution in [2.45, 2.75) is 136 Å². The van der Waals surface area contributed by atoms with Crippen LogP contribution < -0.4 is 4.74 Å². The average molecular weight is 1030 g/mol. The number of carbonyl (C=O) groups excluding carboxylic acids is 3. The number of halogens is 13. The summed E-state index contributed by atoms with van der Waals surface area (Å²) in [6, 6.07) is 10.7. The van der Waals surface area contributed by atoms with Crippen LogP contribution in [0.15, 0.2) is 42.5 Å². The van der Waals surface area contributed by atoms with Gasteiger partial charge in [-0.15, -0.1) is 0 Å². The third kappa shape index (κ3) is 16.7. The van der Waals surface area contributed by atoms with E-state index in [1.165, 1.54) is 32.0 Å². The Morgan fingerprint density at radius 1 is 0.677 bits per heavy atom. The summed E-state index contributed by atoms with van der Waals surface area (Å²) in [7, 11) is 0. The summed E-state index contributed by atoms with van der Waals surface area (Å²) in [6.45, 7) is 13.4. The summed E-state index contributed by atoms with van der Waals surface area (Å²) in [5, 5.41) is 17.9. The van der Waals surface area contributed by atoms with Gasteiger partial charge < -0.3 is 24.4 Å². The number of carboxylic acid groups (broad SMARTS) is 1. The minimum atomic E-state index is -6.25. The van der Waals surface area contributed by atoms with Crippen molar-refractivity contribution in [1.29, 1.82) is 0 Å². The smallest absolute Gasteiger partial charge is 0.437 e. The van der Waals surface area contributed by atoms with E-state index >= 15 is 0 Å². The Morgan fingerprint density at radius 3 is 1.55 bits per heavy atom. The predicted octanol–water partition coefficient (Wildman–Crippen LogP) is 11.5. The van der Waals surface area contributed by atoms with Gasteiger partial charge in [0.1, 0.15) is 12.4 Å². The Labute approximate surface area is 364 Å². The lowest BCUT2D eigenvalue weighted by molar-refractivity contribution is -0.357. The number of carboxylic acids is 1. The van der Waals surface area contributed by atoms with Crippen LogP contribution in [0.4, 0.5) is 52.7 Å². The number of benzene rings is 2. The Balaban J connectivity index is 0.000000917. The highest BCUT2D eigenvalue weighted by atomic mass is 127. The topological polar surface area (TPSA) is 136 Å². The van der Waals surface area contributed by atoms with Crippen molar-refractivity contribution in [3.8, 4) is 5.75 Å². The summed E-state index contributed by atoms with van der Waals surface area (Å²) in [4.78, 5) is 45.5. The minimum Gasteiger partial charge on any atom is -0.478 e. The number of rotatable bonds is 16. The lowest BCUT2D eigenvalue weighted by atomic mass is 9.82. The van der Waals surface area contributed by atoms with Crippen LogP contribution in [0.3, 0.4) is 0 Å². The van der Waals surface area contributed by atoms with E-state index in [9.17, 15) is 71.9 Å². The molecule has 0 amide bonds. The van der Waals surface area contributed by atoms with Crippen molar-refractivity contribution in [3.05, 3.63) is 62.7 Å². The normalized spacial score (nSPS) is 13.0. The lowest BCUT2D eigenvalue weighted by Crippen LogP contribution is -2.62. The second kappa shape index (κ2) is 22.2. The van der Waals surface area contributed by atoms with Crippen LogP contribution in [-0.2, 0) is 35.9 Å². The largest absolute Gasteiger partial charge is 0.478 e. The predicted molar refractivity (Wildman–Crippen MR) is 208 cm³/mol. The van der Waals surface area contributed by atoms with E-state index < -0.39 is 84.6 Å². The molecule has 0 heterocycles. The van der Waals surface area contributed by atoms with E-state index in [0.717, 1.165) is 12.0 Å². The van der Waals surface area contributed by atoms with Crippen molar-refractivity contribution in [1.82, 2.24) is 0 Å². The molecule has 0 radical (unpaired) electrons. The maximum Gasteiger partial charge on any atom is 0.437 e. The van der Waals surface area contributed by atoms with Gasteiger partial charge in [-0.05, 0) is 104 Å². The second-order valence-corrected chi connectivity index (χ2v) is 16.9. The number of hydrogen-bond donors (Lipinski definition) is 2. The zero-order valence-electron chi connectivity index (χ0n) is 35.0. The van der Waals surface area contributed by atoms with Crippen LogP contribution in [-0.4, -0.2) is 76.9 Å². The minimum absolute atomic E-state index is 0.134. The Bertz CT molecular complexity index is 1790. The molecule has 0 aliphatic rings. The quantitative estimate of drug-likeness (QED) is 0.0729. The summed E-state index contributed by atoms with van der Waals surface area (Å²) in [5.74, 6) is -14.0. The Hall–Kier alpha value is -3.83. The van der Waals surface area contributed by atoms with E-state index in [1.807, 2.05) is 50.3 Å².